The maximum absolute atomic E-state index is 13.5. The topological polar surface area (TPSA) is 78.6 Å². The minimum atomic E-state index is -0.298. The second-order valence-corrected chi connectivity index (χ2v) is 11.4. The summed E-state index contributed by atoms with van der Waals surface area (Å²) in [4.78, 5) is 31.1. The lowest BCUT2D eigenvalue weighted by Gasteiger charge is -2.39. The number of benzene rings is 1. The number of rotatable bonds is 6. The van der Waals surface area contributed by atoms with Gasteiger partial charge in [0.25, 0.3) is 11.5 Å². The number of aryl methyl sites for hydroxylation is 1. The number of carbonyl (C=O) groups excluding carboxylic acids is 1. The van der Waals surface area contributed by atoms with Crippen LogP contribution in [0.3, 0.4) is 0 Å². The Balaban J connectivity index is 1.83. The minimum Gasteiger partial charge on any atom is -0.372 e. The highest BCUT2D eigenvalue weighted by atomic mass is 32.2. The lowest BCUT2D eigenvalue weighted by molar-refractivity contribution is -0.122. The number of aromatic nitrogens is 1. The van der Waals surface area contributed by atoms with E-state index in [4.69, 9.17) is 17.0 Å². The van der Waals surface area contributed by atoms with E-state index in [1.807, 2.05) is 58.0 Å². The number of amides is 1. The molecular formula is C28H32N4O3S2. The van der Waals surface area contributed by atoms with Gasteiger partial charge in [0.2, 0.25) is 0 Å². The van der Waals surface area contributed by atoms with Gasteiger partial charge in [-0.05, 0) is 51.3 Å². The van der Waals surface area contributed by atoms with E-state index in [1.54, 1.807) is 16.4 Å². The molecule has 2 unspecified atom stereocenters. The van der Waals surface area contributed by atoms with Gasteiger partial charge in [-0.3, -0.25) is 19.1 Å². The number of nitriles is 1. The first-order valence-corrected chi connectivity index (χ1v) is 13.8. The molecule has 3 heterocycles. The van der Waals surface area contributed by atoms with Crippen molar-refractivity contribution in [1.82, 2.24) is 9.47 Å². The summed E-state index contributed by atoms with van der Waals surface area (Å²) in [6.45, 7) is 11.9. The van der Waals surface area contributed by atoms with Crippen LogP contribution >= 0.6 is 24.0 Å². The minimum absolute atomic E-state index is 0.0227. The molecule has 9 heteroatoms. The normalized spacial score (nSPS) is 21.1. The molecule has 1 aromatic heterocycles. The molecule has 0 radical (unpaired) electrons. The van der Waals surface area contributed by atoms with Crippen LogP contribution in [0.2, 0.25) is 0 Å². The van der Waals surface area contributed by atoms with Crippen molar-refractivity contribution in [3.05, 3.63) is 67.3 Å². The Morgan fingerprint density at radius 1 is 1.16 bits per heavy atom. The van der Waals surface area contributed by atoms with Gasteiger partial charge in [0.1, 0.15) is 21.8 Å². The number of ether oxygens (including phenoxy) is 1. The summed E-state index contributed by atoms with van der Waals surface area (Å²) >= 11 is 6.84. The molecule has 2 atom stereocenters. The summed E-state index contributed by atoms with van der Waals surface area (Å²) in [5.74, 6) is 0.561. The maximum atomic E-state index is 13.5. The fourth-order valence-electron chi connectivity index (χ4n) is 4.91. The Labute approximate surface area is 227 Å². The molecule has 2 fully saturated rings. The van der Waals surface area contributed by atoms with Crippen LogP contribution in [0.15, 0.2) is 34.0 Å². The molecule has 2 aliphatic heterocycles. The SMILES string of the molecule is CCCn1c(N2CC(C)OC(C)C2)c(C=C2SC(=S)N(Cc3ccc(C)cc3)C2=O)c(C)c(C#N)c1=O. The number of carbonyl (C=O) groups is 1. The second-order valence-electron chi connectivity index (χ2n) is 9.72. The monoisotopic (exact) mass is 536 g/mol. The molecule has 0 saturated carbocycles. The van der Waals surface area contributed by atoms with Crippen molar-refractivity contribution in [2.24, 2.45) is 0 Å². The first-order chi connectivity index (χ1) is 17.6. The van der Waals surface area contributed by atoms with Crippen LogP contribution in [0.1, 0.15) is 55.0 Å². The molecule has 2 aromatic rings. The Morgan fingerprint density at radius 3 is 2.41 bits per heavy atom. The van der Waals surface area contributed by atoms with Crippen LogP contribution in [-0.4, -0.2) is 45.0 Å². The summed E-state index contributed by atoms with van der Waals surface area (Å²) in [7, 11) is 0. The molecule has 0 spiro atoms. The number of thiocarbonyl (C=S) groups is 1. The van der Waals surface area contributed by atoms with Crippen molar-refractivity contribution in [3.63, 3.8) is 0 Å². The third kappa shape index (κ3) is 5.52. The molecule has 194 valence electrons. The molecule has 7 nitrogen and oxygen atoms in total. The zero-order valence-electron chi connectivity index (χ0n) is 21.9. The Hall–Kier alpha value is -2.93. The van der Waals surface area contributed by atoms with E-state index in [0.717, 1.165) is 23.4 Å². The van der Waals surface area contributed by atoms with Crippen LogP contribution < -0.4 is 10.5 Å². The zero-order valence-corrected chi connectivity index (χ0v) is 23.5. The lowest BCUT2D eigenvalue weighted by atomic mass is 10.0. The van der Waals surface area contributed by atoms with Crippen LogP contribution in [0, 0.1) is 25.2 Å². The van der Waals surface area contributed by atoms with Crippen LogP contribution in [0.25, 0.3) is 6.08 Å². The van der Waals surface area contributed by atoms with E-state index < -0.39 is 0 Å². The van der Waals surface area contributed by atoms with E-state index in [0.29, 0.717) is 46.5 Å². The highest BCUT2D eigenvalue weighted by Gasteiger charge is 2.34. The predicted octanol–water partition coefficient (Wildman–Crippen LogP) is 4.76. The Kier molecular flexibility index (Phi) is 8.22. The smallest absolute Gasteiger partial charge is 0.270 e. The number of hydrogen-bond acceptors (Lipinski definition) is 7. The van der Waals surface area contributed by atoms with E-state index in [1.165, 1.54) is 11.8 Å². The van der Waals surface area contributed by atoms with Crippen molar-refractivity contribution in [2.75, 3.05) is 18.0 Å². The third-order valence-corrected chi connectivity index (χ3v) is 8.00. The van der Waals surface area contributed by atoms with Gasteiger partial charge in [0.15, 0.2) is 0 Å². The zero-order chi connectivity index (χ0) is 26.9. The number of anilines is 1. The fraction of sp³-hybridized carbons (Fsp3) is 0.429. The van der Waals surface area contributed by atoms with Gasteiger partial charge in [0.05, 0.1) is 23.7 Å². The molecule has 2 aliphatic rings. The van der Waals surface area contributed by atoms with Gasteiger partial charge in [0, 0.05) is 25.2 Å². The van der Waals surface area contributed by atoms with Gasteiger partial charge < -0.3 is 9.64 Å². The summed E-state index contributed by atoms with van der Waals surface area (Å²) in [6, 6.07) is 10.1. The van der Waals surface area contributed by atoms with Crippen molar-refractivity contribution < 1.29 is 9.53 Å². The first kappa shape index (κ1) is 27.1. The predicted molar refractivity (Wildman–Crippen MR) is 153 cm³/mol. The molecule has 2 saturated heterocycles. The largest absolute Gasteiger partial charge is 0.372 e. The average molecular weight is 537 g/mol. The molecule has 0 aliphatic carbocycles. The molecule has 1 aromatic carbocycles. The number of hydrogen-bond donors (Lipinski definition) is 0. The van der Waals surface area contributed by atoms with Gasteiger partial charge in [-0.25, -0.2) is 0 Å². The number of morpholine rings is 1. The van der Waals surface area contributed by atoms with Crippen LogP contribution in [0.4, 0.5) is 5.82 Å². The highest BCUT2D eigenvalue weighted by Crippen LogP contribution is 2.37. The summed E-state index contributed by atoms with van der Waals surface area (Å²) in [5.41, 5.74) is 3.24. The van der Waals surface area contributed by atoms with Gasteiger partial charge in [-0.15, -0.1) is 0 Å². The lowest BCUT2D eigenvalue weighted by Crippen LogP contribution is -2.48. The molecular weight excluding hydrogens is 504 g/mol. The number of pyridine rings is 1. The van der Waals surface area contributed by atoms with Crippen LogP contribution in [0.5, 0.6) is 0 Å². The molecule has 0 bridgehead atoms. The maximum Gasteiger partial charge on any atom is 0.270 e. The van der Waals surface area contributed by atoms with E-state index >= 15 is 0 Å². The van der Waals surface area contributed by atoms with E-state index in [9.17, 15) is 14.9 Å². The first-order valence-electron chi connectivity index (χ1n) is 12.5. The third-order valence-electron chi connectivity index (χ3n) is 6.62. The van der Waals surface area contributed by atoms with Crippen molar-refractivity contribution in [1.29, 1.82) is 5.26 Å². The average Bonchev–Trinajstić information content (AvgIpc) is 3.10. The van der Waals surface area contributed by atoms with E-state index in [2.05, 4.69) is 11.0 Å². The van der Waals surface area contributed by atoms with Crippen molar-refractivity contribution >= 4 is 46.1 Å². The summed E-state index contributed by atoms with van der Waals surface area (Å²) < 4.78 is 8.13. The highest BCUT2D eigenvalue weighted by molar-refractivity contribution is 8.26. The fourth-order valence-corrected chi connectivity index (χ4v) is 6.15. The molecule has 1 amide bonds. The Morgan fingerprint density at radius 2 is 1.81 bits per heavy atom. The van der Waals surface area contributed by atoms with Crippen LogP contribution in [-0.2, 0) is 22.6 Å². The summed E-state index contributed by atoms with van der Waals surface area (Å²) in [6.07, 6.45) is 2.50. The van der Waals surface area contributed by atoms with Crippen molar-refractivity contribution in [3.8, 4) is 6.07 Å². The van der Waals surface area contributed by atoms with Gasteiger partial charge >= 0.3 is 0 Å². The second kappa shape index (κ2) is 11.2. The van der Waals surface area contributed by atoms with Crippen molar-refractivity contribution in [2.45, 2.75) is 66.3 Å². The van der Waals surface area contributed by atoms with E-state index in [-0.39, 0.29) is 29.2 Å². The molecule has 0 N–H and O–H groups in total. The molecule has 4 rings (SSSR count). The van der Waals surface area contributed by atoms with Gasteiger partial charge in [-0.2, -0.15) is 5.26 Å². The standard InChI is InChI=1S/C28H32N4O3S2/c1-6-11-31-25(30-14-18(3)35-19(4)15-30)22(20(5)23(13-29)26(31)33)12-24-27(34)32(28(36)37-24)16-21-9-7-17(2)8-10-21/h7-10,12,18-19H,6,11,14-16H2,1-5H3. The summed E-state index contributed by atoms with van der Waals surface area (Å²) in [5, 5.41) is 9.86. The number of nitrogens with zero attached hydrogens (tertiary/aromatic N) is 4. The molecule has 37 heavy (non-hydrogen) atoms. The van der Waals surface area contributed by atoms with Gasteiger partial charge in [-0.1, -0.05) is 60.7 Å². The number of thioether (sulfide) groups is 1. The quantitative estimate of drug-likeness (QED) is 0.389. The Bertz CT molecular complexity index is 1350.